The highest BCUT2D eigenvalue weighted by Gasteiger charge is 2.43. The Kier molecular flexibility index (Phi) is 9.57. The summed E-state index contributed by atoms with van der Waals surface area (Å²) in [6.07, 6.45) is 2.26. The quantitative estimate of drug-likeness (QED) is 0.491. The van der Waals surface area contributed by atoms with E-state index in [1.165, 1.54) is 23.8 Å². The molecule has 1 rings (SSSR count). The number of ether oxygens (including phenoxy) is 1. The highest BCUT2D eigenvalue weighted by atomic mass is 32.2. The molecule has 1 aliphatic rings. The fraction of sp³-hybridized carbons (Fsp3) is 0.778. The molecule has 3 atom stereocenters. The van der Waals surface area contributed by atoms with Gasteiger partial charge in [0.05, 0.1) is 18.9 Å². The second kappa shape index (κ2) is 11.1. The zero-order chi connectivity index (χ0) is 21.4. The van der Waals surface area contributed by atoms with Crippen LogP contribution in [0.3, 0.4) is 0 Å². The van der Waals surface area contributed by atoms with Gasteiger partial charge in [-0.3, -0.25) is 9.59 Å². The number of nitrogens with one attached hydrogen (secondary N) is 3. The van der Waals surface area contributed by atoms with Gasteiger partial charge in [-0.2, -0.15) is 11.8 Å². The summed E-state index contributed by atoms with van der Waals surface area (Å²) >= 11 is 1.36. The minimum absolute atomic E-state index is 0.0625. The van der Waals surface area contributed by atoms with Crippen LogP contribution < -0.4 is 16.0 Å². The van der Waals surface area contributed by atoms with Crippen molar-refractivity contribution in [1.29, 1.82) is 0 Å². The number of carbonyl (C=O) groups excluding carboxylic acids is 4. The number of amides is 4. The van der Waals surface area contributed by atoms with Gasteiger partial charge in [0.2, 0.25) is 11.8 Å². The lowest BCUT2D eigenvalue weighted by Crippen LogP contribution is -2.59. The summed E-state index contributed by atoms with van der Waals surface area (Å²) in [5, 5.41) is 8.20. The highest BCUT2D eigenvalue weighted by molar-refractivity contribution is 7.99. The van der Waals surface area contributed by atoms with Crippen LogP contribution in [-0.2, 0) is 19.1 Å². The lowest BCUT2D eigenvalue weighted by Gasteiger charge is -2.30. The topological polar surface area (TPSA) is 117 Å². The van der Waals surface area contributed by atoms with E-state index in [0.29, 0.717) is 13.0 Å². The van der Waals surface area contributed by atoms with Crippen molar-refractivity contribution in [3.05, 3.63) is 0 Å². The van der Waals surface area contributed by atoms with E-state index in [-0.39, 0.29) is 23.6 Å². The molecule has 1 saturated heterocycles. The molecule has 4 amide bonds. The summed E-state index contributed by atoms with van der Waals surface area (Å²) in [6.45, 7) is 7.60. The van der Waals surface area contributed by atoms with E-state index in [1.54, 1.807) is 20.1 Å². The van der Waals surface area contributed by atoms with Crippen LogP contribution >= 0.6 is 11.8 Å². The number of rotatable bonds is 8. The van der Waals surface area contributed by atoms with Crippen LogP contribution in [0.25, 0.3) is 0 Å². The summed E-state index contributed by atoms with van der Waals surface area (Å²) in [5.41, 5.74) is 0. The van der Waals surface area contributed by atoms with Crippen LogP contribution in [0.2, 0.25) is 0 Å². The second-order valence-corrected chi connectivity index (χ2v) is 8.25. The summed E-state index contributed by atoms with van der Waals surface area (Å²) < 4.78 is 4.77. The van der Waals surface area contributed by atoms with Crippen LogP contribution in [0, 0.1) is 5.92 Å². The first-order chi connectivity index (χ1) is 13.1. The number of hydrogen-bond donors (Lipinski definition) is 3. The monoisotopic (exact) mass is 416 g/mol. The van der Waals surface area contributed by atoms with Crippen molar-refractivity contribution < 1.29 is 23.9 Å². The van der Waals surface area contributed by atoms with E-state index in [0.717, 1.165) is 0 Å². The van der Waals surface area contributed by atoms with Crippen molar-refractivity contribution >= 4 is 35.6 Å². The summed E-state index contributed by atoms with van der Waals surface area (Å²) in [6, 6.07) is -2.72. The van der Waals surface area contributed by atoms with Gasteiger partial charge in [0.15, 0.2) is 0 Å². The number of carbonyl (C=O) groups is 4. The van der Waals surface area contributed by atoms with Gasteiger partial charge in [0.25, 0.3) is 0 Å². The molecule has 1 heterocycles. The Balaban J connectivity index is 3.02. The average Bonchev–Trinajstić information content (AvgIpc) is 3.01. The molecule has 3 unspecified atom stereocenters. The van der Waals surface area contributed by atoms with Crippen LogP contribution in [0.4, 0.5) is 4.79 Å². The molecule has 1 fully saturated rings. The molecule has 0 aromatic rings. The third kappa shape index (κ3) is 6.57. The molecule has 0 aliphatic carbocycles. The molecule has 160 valence electrons. The number of urea groups is 1. The van der Waals surface area contributed by atoms with Crippen LogP contribution in [0.5, 0.6) is 0 Å². The third-order valence-electron chi connectivity index (χ3n) is 4.41. The number of methoxy groups -OCH3 is 1. The number of likely N-dealkylation sites (tertiary alicyclic amines) is 1. The van der Waals surface area contributed by atoms with E-state index < -0.39 is 36.0 Å². The number of hydrogen-bond acceptors (Lipinski definition) is 6. The molecule has 0 saturated carbocycles. The highest BCUT2D eigenvalue weighted by Crippen LogP contribution is 2.20. The van der Waals surface area contributed by atoms with Crippen molar-refractivity contribution in [1.82, 2.24) is 20.9 Å². The molecular formula is C18H32N4O5S. The second-order valence-electron chi connectivity index (χ2n) is 7.39. The molecule has 0 spiro atoms. The van der Waals surface area contributed by atoms with Crippen LogP contribution in [0.15, 0.2) is 0 Å². The Morgan fingerprint density at radius 2 is 1.79 bits per heavy atom. The molecule has 0 aromatic heterocycles. The van der Waals surface area contributed by atoms with Gasteiger partial charge in [0, 0.05) is 12.6 Å². The summed E-state index contributed by atoms with van der Waals surface area (Å²) in [4.78, 5) is 51.1. The number of nitrogens with zero attached hydrogens (tertiary/aromatic N) is 1. The lowest BCUT2D eigenvalue weighted by molar-refractivity contribution is -0.147. The molecular weight excluding hydrogens is 384 g/mol. The van der Waals surface area contributed by atoms with Gasteiger partial charge < -0.3 is 25.6 Å². The molecule has 0 aromatic carbocycles. The first-order valence-corrected chi connectivity index (χ1v) is 10.7. The Hall–Kier alpha value is -1.97. The minimum atomic E-state index is -0.886. The first-order valence-electron chi connectivity index (χ1n) is 9.36. The maximum absolute atomic E-state index is 13.0. The standard InChI is InChI=1S/C18H32N4O5S/c1-10(2)14(17(25)27-5)21-16(24)15-12(20-18(26)19-11(3)4)7-8-22(15)13(23)9-28-6/h10-12,14-15H,7-9H2,1-6H3,(H,21,24)(H2,19,20,26). The molecule has 28 heavy (non-hydrogen) atoms. The van der Waals surface area contributed by atoms with Crippen molar-refractivity contribution in [3.8, 4) is 0 Å². The van der Waals surface area contributed by atoms with Gasteiger partial charge in [-0.15, -0.1) is 0 Å². The SMILES string of the molecule is COC(=O)C(NC(=O)C1C(NC(=O)NC(C)C)CCN1C(=O)CSC)C(C)C. The van der Waals surface area contributed by atoms with E-state index in [4.69, 9.17) is 4.74 Å². The van der Waals surface area contributed by atoms with E-state index in [2.05, 4.69) is 16.0 Å². The van der Waals surface area contributed by atoms with Gasteiger partial charge in [0.1, 0.15) is 12.1 Å². The third-order valence-corrected chi connectivity index (χ3v) is 4.95. The summed E-state index contributed by atoms with van der Waals surface area (Å²) in [5.74, 6) is -1.17. The van der Waals surface area contributed by atoms with Crippen molar-refractivity contribution in [2.45, 2.75) is 58.3 Å². The predicted molar refractivity (Wildman–Crippen MR) is 108 cm³/mol. The largest absolute Gasteiger partial charge is 0.467 e. The first kappa shape index (κ1) is 24.1. The minimum Gasteiger partial charge on any atom is -0.467 e. The van der Waals surface area contributed by atoms with Gasteiger partial charge in [-0.05, 0) is 32.4 Å². The van der Waals surface area contributed by atoms with Crippen molar-refractivity contribution in [2.75, 3.05) is 25.7 Å². The Labute approximate surface area is 170 Å². The van der Waals surface area contributed by atoms with E-state index >= 15 is 0 Å². The summed E-state index contributed by atoms with van der Waals surface area (Å²) in [7, 11) is 1.26. The zero-order valence-electron chi connectivity index (χ0n) is 17.4. The van der Waals surface area contributed by atoms with Crippen molar-refractivity contribution in [3.63, 3.8) is 0 Å². The molecule has 3 N–H and O–H groups in total. The fourth-order valence-corrected chi connectivity index (χ4v) is 3.50. The van der Waals surface area contributed by atoms with Gasteiger partial charge >= 0.3 is 12.0 Å². The normalized spacial score (nSPS) is 20.1. The maximum atomic E-state index is 13.0. The van der Waals surface area contributed by atoms with Crippen LogP contribution in [0.1, 0.15) is 34.1 Å². The van der Waals surface area contributed by atoms with Crippen molar-refractivity contribution in [2.24, 2.45) is 5.92 Å². The molecule has 10 heteroatoms. The fourth-order valence-electron chi connectivity index (χ4n) is 3.09. The molecule has 0 radical (unpaired) electrons. The van der Waals surface area contributed by atoms with Gasteiger partial charge in [-0.25, -0.2) is 9.59 Å². The average molecular weight is 417 g/mol. The van der Waals surface area contributed by atoms with E-state index in [9.17, 15) is 19.2 Å². The maximum Gasteiger partial charge on any atom is 0.328 e. The smallest absolute Gasteiger partial charge is 0.328 e. The predicted octanol–water partition coefficient (Wildman–Crippen LogP) is 0.340. The lowest BCUT2D eigenvalue weighted by atomic mass is 10.0. The Morgan fingerprint density at radius 3 is 2.29 bits per heavy atom. The molecule has 9 nitrogen and oxygen atoms in total. The van der Waals surface area contributed by atoms with Gasteiger partial charge in [-0.1, -0.05) is 13.8 Å². The Bertz CT molecular complexity index is 584. The number of esters is 1. The van der Waals surface area contributed by atoms with Crippen LogP contribution in [-0.4, -0.2) is 78.5 Å². The number of thioether (sulfide) groups is 1. The molecule has 0 bridgehead atoms. The molecule has 1 aliphatic heterocycles. The Morgan fingerprint density at radius 1 is 1.14 bits per heavy atom. The van der Waals surface area contributed by atoms with E-state index in [1.807, 2.05) is 13.8 Å². The zero-order valence-corrected chi connectivity index (χ0v) is 18.2.